The van der Waals surface area contributed by atoms with E-state index in [0.29, 0.717) is 26.9 Å². The number of rotatable bonds is 6. The SMILES string of the molecule is O=c1c(-c2cc(OC(F)(F)F)cc(-c3ccc(-c4ccc(Cl)nc4)nc3)c2)c([O-])[n+](Cc2cnc(Cl)s2)c2ccccn12. The Hall–Kier alpha value is -4.52. The highest BCUT2D eigenvalue weighted by Crippen LogP contribution is 2.35. The van der Waals surface area contributed by atoms with Crippen molar-refractivity contribution in [2.75, 3.05) is 0 Å². The molecule has 0 amide bonds. The molecule has 0 saturated heterocycles. The maximum absolute atomic E-state index is 13.9. The van der Waals surface area contributed by atoms with Crippen LogP contribution in [0.15, 0.2) is 90.2 Å². The molecule has 0 spiro atoms. The molecule has 0 unspecified atom stereocenters. The zero-order valence-electron chi connectivity index (χ0n) is 21.5. The van der Waals surface area contributed by atoms with E-state index in [1.54, 1.807) is 48.7 Å². The van der Waals surface area contributed by atoms with Gasteiger partial charge in [-0.2, -0.15) is 4.40 Å². The number of halogens is 5. The molecule has 0 aliphatic rings. The molecule has 14 heteroatoms. The van der Waals surface area contributed by atoms with Crippen LogP contribution in [0.3, 0.4) is 0 Å². The van der Waals surface area contributed by atoms with Gasteiger partial charge in [0, 0.05) is 35.8 Å². The van der Waals surface area contributed by atoms with Crippen molar-refractivity contribution in [3.05, 3.63) is 110 Å². The van der Waals surface area contributed by atoms with Crippen LogP contribution in [0.25, 0.3) is 39.2 Å². The molecule has 0 saturated carbocycles. The Labute approximate surface area is 254 Å². The average Bonchev–Trinajstić information content (AvgIpc) is 3.39. The Morgan fingerprint density at radius 3 is 2.35 bits per heavy atom. The van der Waals surface area contributed by atoms with Crippen molar-refractivity contribution in [3.8, 4) is 45.1 Å². The molecule has 43 heavy (non-hydrogen) atoms. The number of aromatic nitrogens is 5. The van der Waals surface area contributed by atoms with Crippen LogP contribution in [0, 0.1) is 0 Å². The van der Waals surface area contributed by atoms with E-state index in [1.165, 1.54) is 33.6 Å². The molecule has 0 fully saturated rings. The second kappa shape index (κ2) is 11.3. The van der Waals surface area contributed by atoms with Gasteiger partial charge in [-0.25, -0.2) is 19.3 Å². The van der Waals surface area contributed by atoms with Gasteiger partial charge in [0.1, 0.15) is 23.0 Å². The Morgan fingerprint density at radius 1 is 0.907 bits per heavy atom. The van der Waals surface area contributed by atoms with E-state index in [4.69, 9.17) is 23.2 Å². The predicted molar refractivity (Wildman–Crippen MR) is 153 cm³/mol. The Morgan fingerprint density at radius 2 is 1.67 bits per heavy atom. The quantitative estimate of drug-likeness (QED) is 0.160. The van der Waals surface area contributed by atoms with Crippen LogP contribution in [-0.2, 0) is 6.54 Å². The minimum absolute atomic E-state index is 0.0283. The van der Waals surface area contributed by atoms with Crippen LogP contribution in [-0.4, -0.2) is 25.7 Å². The van der Waals surface area contributed by atoms with Crippen LogP contribution in [0.2, 0.25) is 9.62 Å². The number of alkyl halides is 3. The van der Waals surface area contributed by atoms with Crippen LogP contribution in [0.1, 0.15) is 4.88 Å². The maximum Gasteiger partial charge on any atom is 0.573 e. The summed E-state index contributed by atoms with van der Waals surface area (Å²) in [6, 6.07) is 15.1. The Balaban J connectivity index is 1.52. The predicted octanol–water partition coefficient (Wildman–Crippen LogP) is 6.16. The third-order valence-electron chi connectivity index (χ3n) is 6.39. The number of hydrogen-bond acceptors (Lipinski definition) is 7. The monoisotopic (exact) mass is 641 g/mol. The van der Waals surface area contributed by atoms with Crippen molar-refractivity contribution < 1.29 is 27.6 Å². The van der Waals surface area contributed by atoms with E-state index in [9.17, 15) is 23.1 Å². The summed E-state index contributed by atoms with van der Waals surface area (Å²) >= 11 is 13.0. The summed E-state index contributed by atoms with van der Waals surface area (Å²) in [5.74, 6) is -1.32. The fourth-order valence-electron chi connectivity index (χ4n) is 4.55. The number of benzene rings is 1. The highest BCUT2D eigenvalue weighted by atomic mass is 35.5. The molecule has 5 aromatic heterocycles. The smallest absolute Gasteiger partial charge is 0.573 e. The molecule has 0 bridgehead atoms. The lowest BCUT2D eigenvalue weighted by atomic mass is 9.99. The number of ether oxygens (including phenoxy) is 1. The van der Waals surface area contributed by atoms with Gasteiger partial charge in [-0.15, -0.1) is 24.5 Å². The normalized spacial score (nSPS) is 11.7. The molecule has 0 aliphatic heterocycles. The van der Waals surface area contributed by atoms with Gasteiger partial charge >= 0.3 is 11.9 Å². The second-order valence-electron chi connectivity index (χ2n) is 9.18. The molecule has 0 atom stereocenters. The van der Waals surface area contributed by atoms with E-state index < -0.39 is 23.6 Å². The first-order valence-electron chi connectivity index (χ1n) is 12.4. The van der Waals surface area contributed by atoms with E-state index in [1.807, 2.05) is 0 Å². The van der Waals surface area contributed by atoms with Crippen LogP contribution in [0.5, 0.6) is 11.6 Å². The van der Waals surface area contributed by atoms with Gasteiger partial charge < -0.3 is 9.84 Å². The summed E-state index contributed by atoms with van der Waals surface area (Å²) in [5.41, 5.74) is 1.05. The van der Waals surface area contributed by atoms with Crippen molar-refractivity contribution in [1.29, 1.82) is 0 Å². The van der Waals surface area contributed by atoms with Gasteiger partial charge in [0.15, 0.2) is 4.47 Å². The van der Waals surface area contributed by atoms with Crippen molar-refractivity contribution >= 4 is 40.2 Å². The van der Waals surface area contributed by atoms with Crippen molar-refractivity contribution in [2.45, 2.75) is 12.9 Å². The van der Waals surface area contributed by atoms with Gasteiger partial charge in [0.25, 0.3) is 5.65 Å². The van der Waals surface area contributed by atoms with Gasteiger partial charge in [0.05, 0.1) is 22.6 Å². The molecule has 216 valence electrons. The third kappa shape index (κ3) is 6.03. The fraction of sp³-hybridized carbons (Fsp3) is 0.0690. The summed E-state index contributed by atoms with van der Waals surface area (Å²) in [5, 5.41) is 14.2. The number of pyridine rings is 3. The molecule has 6 rings (SSSR count). The van der Waals surface area contributed by atoms with Crippen LogP contribution < -0.4 is 20.0 Å². The van der Waals surface area contributed by atoms with Crippen molar-refractivity contribution in [2.24, 2.45) is 0 Å². The van der Waals surface area contributed by atoms with E-state index in [2.05, 4.69) is 19.7 Å². The molecule has 0 aliphatic carbocycles. The van der Waals surface area contributed by atoms with Crippen molar-refractivity contribution in [1.82, 2.24) is 19.4 Å². The highest BCUT2D eigenvalue weighted by molar-refractivity contribution is 7.15. The van der Waals surface area contributed by atoms with Gasteiger partial charge in [-0.3, -0.25) is 4.98 Å². The number of nitrogens with zero attached hydrogens (tertiary/aromatic N) is 5. The summed E-state index contributed by atoms with van der Waals surface area (Å²) in [4.78, 5) is 26.7. The van der Waals surface area contributed by atoms with E-state index >= 15 is 0 Å². The topological polar surface area (TPSA) is 96.3 Å². The lowest BCUT2D eigenvalue weighted by molar-refractivity contribution is -0.707. The van der Waals surface area contributed by atoms with E-state index in [-0.39, 0.29) is 33.3 Å². The first-order valence-corrected chi connectivity index (χ1v) is 14.0. The first-order chi connectivity index (χ1) is 20.6. The van der Waals surface area contributed by atoms with Crippen LogP contribution in [0.4, 0.5) is 13.2 Å². The number of thiazole rings is 1. The van der Waals surface area contributed by atoms with Gasteiger partial charge in [-0.05, 0) is 53.6 Å². The van der Waals surface area contributed by atoms with Crippen LogP contribution >= 0.6 is 34.5 Å². The zero-order valence-corrected chi connectivity index (χ0v) is 23.9. The van der Waals surface area contributed by atoms with Gasteiger partial charge in [0.2, 0.25) is 0 Å². The van der Waals surface area contributed by atoms with E-state index in [0.717, 1.165) is 23.5 Å². The molecule has 0 N–H and O–H groups in total. The standard InChI is InChI=1S/C29H16Cl2F3N5O3S/c30-23-7-5-17(13-36-23)22-6-4-16(12-35-22)18-9-19(11-20(10-18)42-29(32,33)34)25-26(40)38-8-2-1-3-24(38)39(27(25)41)15-21-14-37-28(31)43-21/h1-14H,15H2. The second-order valence-corrected chi connectivity index (χ2v) is 11.3. The summed E-state index contributed by atoms with van der Waals surface area (Å²) in [7, 11) is 0. The van der Waals surface area contributed by atoms with Crippen molar-refractivity contribution in [3.63, 3.8) is 0 Å². The summed E-state index contributed by atoms with van der Waals surface area (Å²) in [6.07, 6.45) is 0.958. The molecular weight excluding hydrogens is 626 g/mol. The first kappa shape index (κ1) is 28.6. The number of hydrogen-bond donors (Lipinski definition) is 0. The molecule has 5 heterocycles. The maximum atomic E-state index is 13.9. The largest absolute Gasteiger partial charge is 0.842 e. The lowest BCUT2D eigenvalue weighted by Crippen LogP contribution is -2.44. The Kier molecular flexibility index (Phi) is 7.50. The molecule has 8 nitrogen and oxygen atoms in total. The molecule has 0 radical (unpaired) electrons. The third-order valence-corrected chi connectivity index (χ3v) is 7.72. The van der Waals surface area contributed by atoms with Gasteiger partial charge in [-0.1, -0.05) is 35.3 Å². The highest BCUT2D eigenvalue weighted by Gasteiger charge is 2.32. The number of fused-ring (bicyclic) bond motifs is 1. The molecular formula is C29H16Cl2F3N5O3S. The summed E-state index contributed by atoms with van der Waals surface area (Å²) in [6.45, 7) is 0.0283. The average molecular weight is 642 g/mol. The molecule has 1 aromatic carbocycles. The summed E-state index contributed by atoms with van der Waals surface area (Å²) < 4.78 is 47.2. The fourth-order valence-corrected chi connectivity index (χ4v) is 5.63. The minimum atomic E-state index is -5.02. The zero-order chi connectivity index (χ0) is 30.3. The minimum Gasteiger partial charge on any atom is -0.842 e. The lowest BCUT2D eigenvalue weighted by Gasteiger charge is -2.18. The molecule has 6 aromatic rings. The Bertz CT molecular complexity index is 2030.